The number of ether oxygens (including phenoxy) is 3. The number of rotatable bonds is 5. The monoisotopic (exact) mass is 666 g/mol. The quantitative estimate of drug-likeness (QED) is 0.267. The fraction of sp³-hybridized carbons (Fsp3) is 0.200. The molecule has 2 aliphatic rings. The Labute approximate surface area is 246 Å². The maximum Gasteiger partial charge on any atom is 0.271 e. The summed E-state index contributed by atoms with van der Waals surface area (Å²) >= 11 is 8.51. The van der Waals surface area contributed by atoms with E-state index in [9.17, 15) is 4.79 Å². The smallest absolute Gasteiger partial charge is 0.271 e. The third kappa shape index (κ3) is 4.46. The highest BCUT2D eigenvalue weighted by Gasteiger charge is 2.33. The zero-order valence-corrected chi connectivity index (χ0v) is 25.4. The van der Waals surface area contributed by atoms with Crippen molar-refractivity contribution in [2.45, 2.75) is 18.9 Å². The largest absolute Gasteiger partial charge is 0.495 e. The molecule has 1 aromatic heterocycles. The first-order chi connectivity index (χ1) is 18.9. The Hall–Kier alpha value is -3.14. The summed E-state index contributed by atoms with van der Waals surface area (Å²) in [6.45, 7) is 0. The molecule has 3 aromatic carbocycles. The molecule has 9 heteroatoms. The Morgan fingerprint density at radius 3 is 2.54 bits per heavy atom. The van der Waals surface area contributed by atoms with E-state index in [1.165, 1.54) is 16.9 Å². The molecule has 6 nitrogen and oxygen atoms in total. The van der Waals surface area contributed by atoms with Crippen LogP contribution in [-0.2, 0) is 6.42 Å². The summed E-state index contributed by atoms with van der Waals surface area (Å²) in [5.41, 5.74) is 6.12. The summed E-state index contributed by atoms with van der Waals surface area (Å²) in [6, 6.07) is 17.8. The summed E-state index contributed by atoms with van der Waals surface area (Å²) in [5, 5.41) is 0. The van der Waals surface area contributed by atoms with Crippen LogP contribution in [0.15, 0.2) is 78.9 Å². The van der Waals surface area contributed by atoms with Gasteiger partial charge in [-0.05, 0) is 75.8 Å². The van der Waals surface area contributed by atoms with Crippen LogP contribution in [0.3, 0.4) is 0 Å². The highest BCUT2D eigenvalue weighted by Crippen LogP contribution is 2.43. The topological polar surface area (TPSA) is 62.0 Å². The molecule has 0 fully saturated rings. The van der Waals surface area contributed by atoms with E-state index in [0.717, 1.165) is 49.7 Å². The molecule has 0 saturated carbocycles. The van der Waals surface area contributed by atoms with Gasteiger partial charge in [0.2, 0.25) is 0 Å². The Balaban J connectivity index is 1.63. The summed E-state index contributed by atoms with van der Waals surface area (Å²) in [5.74, 6) is 1.93. The Morgan fingerprint density at radius 1 is 0.974 bits per heavy atom. The molecule has 0 saturated heterocycles. The van der Waals surface area contributed by atoms with E-state index in [1.807, 2.05) is 47.0 Å². The van der Waals surface area contributed by atoms with E-state index in [2.05, 4.69) is 50.1 Å². The van der Waals surface area contributed by atoms with E-state index in [0.29, 0.717) is 26.6 Å². The Morgan fingerprint density at radius 2 is 1.77 bits per heavy atom. The van der Waals surface area contributed by atoms with Gasteiger partial charge >= 0.3 is 0 Å². The lowest BCUT2D eigenvalue weighted by atomic mass is 9.83. The molecule has 1 aliphatic heterocycles. The van der Waals surface area contributed by atoms with Gasteiger partial charge < -0.3 is 14.2 Å². The van der Waals surface area contributed by atoms with Crippen LogP contribution in [0.1, 0.15) is 34.7 Å². The summed E-state index contributed by atoms with van der Waals surface area (Å²) in [4.78, 5) is 19.9. The molecule has 1 atom stereocenters. The fourth-order valence-corrected chi connectivity index (χ4v) is 7.80. The molecule has 198 valence electrons. The zero-order valence-electron chi connectivity index (χ0n) is 21.5. The molecule has 6 rings (SSSR count). The van der Waals surface area contributed by atoms with Crippen molar-refractivity contribution in [1.29, 1.82) is 0 Å². The predicted octanol–water partition coefficient (Wildman–Crippen LogP) is 5.87. The van der Waals surface area contributed by atoms with Gasteiger partial charge in [-0.2, -0.15) is 0 Å². The minimum atomic E-state index is -0.317. The number of hydrogen-bond acceptors (Lipinski definition) is 6. The van der Waals surface area contributed by atoms with Gasteiger partial charge in [0.25, 0.3) is 5.56 Å². The molecule has 0 amide bonds. The van der Waals surface area contributed by atoms with Crippen molar-refractivity contribution in [3.63, 3.8) is 0 Å². The van der Waals surface area contributed by atoms with Gasteiger partial charge in [0, 0.05) is 15.6 Å². The van der Waals surface area contributed by atoms with Gasteiger partial charge in [-0.3, -0.25) is 9.36 Å². The zero-order chi connectivity index (χ0) is 27.3. The van der Waals surface area contributed by atoms with Crippen LogP contribution in [0.4, 0.5) is 0 Å². The van der Waals surface area contributed by atoms with Crippen LogP contribution in [-0.4, -0.2) is 25.9 Å². The van der Waals surface area contributed by atoms with Crippen molar-refractivity contribution < 1.29 is 14.2 Å². The van der Waals surface area contributed by atoms with E-state index in [4.69, 9.17) is 19.2 Å². The van der Waals surface area contributed by atoms with Crippen molar-refractivity contribution in [3.05, 3.63) is 111 Å². The number of thiazole rings is 1. The van der Waals surface area contributed by atoms with E-state index >= 15 is 0 Å². The number of aryl methyl sites for hydroxylation is 1. The third-order valence-electron chi connectivity index (χ3n) is 7.12. The number of methoxy groups -OCH3 is 3. The standard InChI is InChI=1S/C30H24Br2N2O4S/c1-36-23-11-9-17(13-24(23)37-2)27-21-10-8-16-6-4-5-7-20(16)26(21)33-30-34(27)29(35)25(39-30)14-18-12-19(31)15-22(32)28(18)38-3/h4-7,9,11-15,27H,8,10H2,1-3H3/b25-14-/t27-/m1/s1. The van der Waals surface area contributed by atoms with Crippen LogP contribution in [0.2, 0.25) is 0 Å². The van der Waals surface area contributed by atoms with Crippen LogP contribution < -0.4 is 29.1 Å². The summed E-state index contributed by atoms with van der Waals surface area (Å²) in [6.07, 6.45) is 3.58. The number of halogens is 2. The minimum Gasteiger partial charge on any atom is -0.495 e. The molecule has 0 N–H and O–H groups in total. The maximum atomic E-state index is 14.1. The molecule has 0 radical (unpaired) electrons. The van der Waals surface area contributed by atoms with Crippen molar-refractivity contribution in [1.82, 2.24) is 4.57 Å². The third-order valence-corrected chi connectivity index (χ3v) is 9.15. The predicted molar refractivity (Wildman–Crippen MR) is 161 cm³/mol. The molecular weight excluding hydrogens is 644 g/mol. The first-order valence-corrected chi connectivity index (χ1v) is 14.7. The number of allylic oxidation sites excluding steroid dienone is 1. The highest BCUT2D eigenvalue weighted by molar-refractivity contribution is 9.11. The van der Waals surface area contributed by atoms with Gasteiger partial charge in [-0.15, -0.1) is 0 Å². The van der Waals surface area contributed by atoms with Crippen LogP contribution in [0.25, 0.3) is 11.8 Å². The maximum absolute atomic E-state index is 14.1. The number of nitrogens with zero attached hydrogens (tertiary/aromatic N) is 2. The highest BCUT2D eigenvalue weighted by atomic mass is 79.9. The average molecular weight is 668 g/mol. The van der Waals surface area contributed by atoms with Crippen molar-refractivity contribution in [2.24, 2.45) is 4.99 Å². The van der Waals surface area contributed by atoms with E-state index in [-0.39, 0.29) is 11.6 Å². The summed E-state index contributed by atoms with van der Waals surface area (Å²) in [7, 11) is 4.86. The van der Waals surface area contributed by atoms with Crippen molar-refractivity contribution in [3.8, 4) is 17.2 Å². The van der Waals surface area contributed by atoms with E-state index in [1.54, 1.807) is 21.3 Å². The van der Waals surface area contributed by atoms with Gasteiger partial charge in [-0.1, -0.05) is 57.6 Å². The molecule has 2 heterocycles. The molecular formula is C30H24Br2N2O4S. The van der Waals surface area contributed by atoms with Crippen molar-refractivity contribution >= 4 is 55.0 Å². The van der Waals surface area contributed by atoms with Crippen molar-refractivity contribution in [2.75, 3.05) is 21.3 Å². The van der Waals surface area contributed by atoms with Gasteiger partial charge in [-0.25, -0.2) is 4.99 Å². The molecule has 0 bridgehead atoms. The van der Waals surface area contributed by atoms with Crippen LogP contribution in [0.5, 0.6) is 17.2 Å². The Bertz CT molecular complexity index is 1840. The van der Waals surface area contributed by atoms with Gasteiger partial charge in [0.15, 0.2) is 16.3 Å². The fourth-order valence-electron chi connectivity index (χ4n) is 5.39. The van der Waals surface area contributed by atoms with Crippen LogP contribution >= 0.6 is 43.2 Å². The first kappa shape index (κ1) is 26.1. The normalized spacial score (nSPS) is 16.2. The van der Waals surface area contributed by atoms with Gasteiger partial charge in [0.1, 0.15) is 5.75 Å². The second-order valence-electron chi connectivity index (χ2n) is 9.24. The molecule has 4 aromatic rings. The second-order valence-corrected chi connectivity index (χ2v) is 12.0. The van der Waals surface area contributed by atoms with Crippen LogP contribution in [0, 0.1) is 0 Å². The number of fused-ring (bicyclic) bond motifs is 3. The number of aromatic nitrogens is 1. The minimum absolute atomic E-state index is 0.0953. The molecule has 1 aliphatic carbocycles. The Kier molecular flexibility index (Phi) is 6.99. The first-order valence-electron chi connectivity index (χ1n) is 12.3. The van der Waals surface area contributed by atoms with E-state index < -0.39 is 0 Å². The second kappa shape index (κ2) is 10.4. The number of benzene rings is 3. The lowest BCUT2D eigenvalue weighted by Gasteiger charge is -2.31. The van der Waals surface area contributed by atoms with Gasteiger partial charge in [0.05, 0.1) is 42.1 Å². The average Bonchev–Trinajstić information content (AvgIpc) is 3.25. The molecule has 0 unspecified atom stereocenters. The lowest BCUT2D eigenvalue weighted by Crippen LogP contribution is -2.38. The molecule has 39 heavy (non-hydrogen) atoms. The number of hydrogen-bond donors (Lipinski definition) is 0. The molecule has 0 spiro atoms. The summed E-state index contributed by atoms with van der Waals surface area (Å²) < 4.78 is 20.8. The SMILES string of the molecule is COc1ccc([C@@H]2C3=C(N=c4s/c(=C\c5cc(Br)cc(Br)c5OC)c(=O)n42)c2ccccc2CC3)cc1OC. The lowest BCUT2D eigenvalue weighted by molar-refractivity contribution is 0.354.